The molecule has 0 spiro atoms. The fourth-order valence-corrected chi connectivity index (χ4v) is 4.67. The SMILES string of the molecule is CCC/C=C\C/C=C\CCCCCCCCOCC(CCN(C)C)OCCCCCCCC/C=C\C/C=C\CCC. The fourth-order valence-electron chi connectivity index (χ4n) is 4.67. The van der Waals surface area contributed by atoms with E-state index in [0.717, 1.165) is 45.6 Å². The van der Waals surface area contributed by atoms with Crippen molar-refractivity contribution in [1.82, 2.24) is 4.90 Å². The molecule has 0 amide bonds. The quantitative estimate of drug-likeness (QED) is 0.0590. The Bertz CT molecular complexity index is 607. The van der Waals surface area contributed by atoms with Gasteiger partial charge in [-0.25, -0.2) is 0 Å². The molecule has 0 aromatic heterocycles. The molecule has 0 saturated carbocycles. The number of nitrogens with zero attached hydrogens (tertiary/aromatic N) is 1. The van der Waals surface area contributed by atoms with Crippen LogP contribution in [0.5, 0.6) is 0 Å². The highest BCUT2D eigenvalue weighted by atomic mass is 16.5. The molecule has 1 atom stereocenters. The van der Waals surface area contributed by atoms with Gasteiger partial charge in [-0.1, -0.05) is 127 Å². The van der Waals surface area contributed by atoms with Gasteiger partial charge in [0.15, 0.2) is 0 Å². The minimum absolute atomic E-state index is 0.233. The van der Waals surface area contributed by atoms with E-state index in [1.807, 2.05) is 0 Å². The highest BCUT2D eigenvalue weighted by molar-refractivity contribution is 4.93. The molecule has 0 radical (unpaired) electrons. The van der Waals surface area contributed by atoms with Crippen molar-refractivity contribution in [3.05, 3.63) is 48.6 Å². The number of rotatable bonds is 32. The smallest absolute Gasteiger partial charge is 0.0820 e. The van der Waals surface area contributed by atoms with Crippen LogP contribution in [-0.4, -0.2) is 51.5 Å². The third-order valence-corrected chi connectivity index (χ3v) is 7.35. The van der Waals surface area contributed by atoms with Crippen LogP contribution in [0.1, 0.15) is 149 Å². The van der Waals surface area contributed by atoms with E-state index in [-0.39, 0.29) is 6.10 Å². The summed E-state index contributed by atoms with van der Waals surface area (Å²) in [5, 5.41) is 0. The van der Waals surface area contributed by atoms with E-state index in [4.69, 9.17) is 9.47 Å². The van der Waals surface area contributed by atoms with Gasteiger partial charge in [0.2, 0.25) is 0 Å². The minimum atomic E-state index is 0.233. The zero-order valence-electron chi connectivity index (χ0n) is 28.1. The molecular formula is C38H71NO2. The molecule has 0 fully saturated rings. The minimum Gasteiger partial charge on any atom is -0.379 e. The average molecular weight is 574 g/mol. The van der Waals surface area contributed by atoms with Crippen molar-refractivity contribution in [2.45, 2.75) is 155 Å². The lowest BCUT2D eigenvalue weighted by atomic mass is 10.1. The first-order valence-electron chi connectivity index (χ1n) is 17.6. The molecule has 0 aromatic carbocycles. The number of ether oxygens (including phenoxy) is 2. The van der Waals surface area contributed by atoms with Crippen molar-refractivity contribution in [2.75, 3.05) is 40.5 Å². The molecule has 1 unspecified atom stereocenters. The van der Waals surface area contributed by atoms with Crippen molar-refractivity contribution in [3.8, 4) is 0 Å². The Labute approximate surface area is 257 Å². The summed E-state index contributed by atoms with van der Waals surface area (Å²) in [5.74, 6) is 0. The third-order valence-electron chi connectivity index (χ3n) is 7.35. The first kappa shape index (κ1) is 39.8. The van der Waals surface area contributed by atoms with E-state index in [0.29, 0.717) is 0 Å². The van der Waals surface area contributed by atoms with Crippen LogP contribution in [0.2, 0.25) is 0 Å². The number of hydrogen-bond donors (Lipinski definition) is 0. The van der Waals surface area contributed by atoms with Crippen LogP contribution in [0.3, 0.4) is 0 Å². The van der Waals surface area contributed by atoms with Gasteiger partial charge in [0.25, 0.3) is 0 Å². The molecule has 0 aliphatic heterocycles. The molecule has 0 aliphatic rings. The molecular weight excluding hydrogens is 502 g/mol. The van der Waals surface area contributed by atoms with Gasteiger partial charge in [0, 0.05) is 19.8 Å². The Hall–Kier alpha value is -1.16. The van der Waals surface area contributed by atoms with Gasteiger partial charge in [-0.2, -0.15) is 0 Å². The van der Waals surface area contributed by atoms with Gasteiger partial charge in [-0.05, 0) is 84.7 Å². The van der Waals surface area contributed by atoms with Crippen molar-refractivity contribution >= 4 is 0 Å². The first-order chi connectivity index (χ1) is 20.2. The van der Waals surface area contributed by atoms with E-state index < -0.39 is 0 Å². The van der Waals surface area contributed by atoms with Crippen LogP contribution in [0.4, 0.5) is 0 Å². The second kappa shape index (κ2) is 35.0. The van der Waals surface area contributed by atoms with Gasteiger partial charge in [0.05, 0.1) is 12.7 Å². The Morgan fingerprint density at radius 2 is 0.951 bits per heavy atom. The van der Waals surface area contributed by atoms with Gasteiger partial charge in [0.1, 0.15) is 0 Å². The lowest BCUT2D eigenvalue weighted by molar-refractivity contribution is -0.0248. The molecule has 0 N–H and O–H groups in total. The van der Waals surface area contributed by atoms with Crippen molar-refractivity contribution in [3.63, 3.8) is 0 Å². The van der Waals surface area contributed by atoms with Crippen LogP contribution < -0.4 is 0 Å². The van der Waals surface area contributed by atoms with E-state index in [2.05, 4.69) is 81.5 Å². The van der Waals surface area contributed by atoms with E-state index in [1.54, 1.807) is 0 Å². The molecule has 0 aromatic rings. The molecule has 0 heterocycles. The summed E-state index contributed by atoms with van der Waals surface area (Å²) in [7, 11) is 4.28. The lowest BCUT2D eigenvalue weighted by Gasteiger charge is -2.20. The van der Waals surface area contributed by atoms with Crippen LogP contribution >= 0.6 is 0 Å². The summed E-state index contributed by atoms with van der Waals surface area (Å²) < 4.78 is 12.3. The molecule has 0 rings (SSSR count). The molecule has 240 valence electrons. The fraction of sp³-hybridized carbons (Fsp3) is 0.789. The molecule has 41 heavy (non-hydrogen) atoms. The molecule has 0 saturated heterocycles. The number of allylic oxidation sites excluding steroid dienone is 8. The predicted molar refractivity (Wildman–Crippen MR) is 184 cm³/mol. The van der Waals surface area contributed by atoms with E-state index >= 15 is 0 Å². The second-order valence-electron chi connectivity index (χ2n) is 11.9. The maximum absolute atomic E-state index is 6.25. The summed E-state index contributed by atoms with van der Waals surface area (Å²) in [4.78, 5) is 2.25. The lowest BCUT2D eigenvalue weighted by Crippen LogP contribution is -2.26. The number of unbranched alkanes of at least 4 members (excludes halogenated alkanes) is 14. The zero-order valence-corrected chi connectivity index (χ0v) is 28.1. The first-order valence-corrected chi connectivity index (χ1v) is 17.6. The maximum Gasteiger partial charge on any atom is 0.0820 e. The highest BCUT2D eigenvalue weighted by Crippen LogP contribution is 2.11. The maximum atomic E-state index is 6.25. The van der Waals surface area contributed by atoms with Crippen molar-refractivity contribution < 1.29 is 9.47 Å². The summed E-state index contributed by atoms with van der Waals surface area (Å²) in [6, 6.07) is 0. The van der Waals surface area contributed by atoms with Crippen molar-refractivity contribution in [2.24, 2.45) is 0 Å². The third kappa shape index (κ3) is 34.9. The van der Waals surface area contributed by atoms with Crippen LogP contribution in [-0.2, 0) is 9.47 Å². The number of hydrogen-bond acceptors (Lipinski definition) is 3. The molecule has 0 aliphatic carbocycles. The van der Waals surface area contributed by atoms with Crippen molar-refractivity contribution in [1.29, 1.82) is 0 Å². The van der Waals surface area contributed by atoms with Crippen LogP contribution in [0.15, 0.2) is 48.6 Å². The van der Waals surface area contributed by atoms with Gasteiger partial charge >= 0.3 is 0 Å². The van der Waals surface area contributed by atoms with Gasteiger partial charge in [-0.3, -0.25) is 0 Å². The van der Waals surface area contributed by atoms with Gasteiger partial charge < -0.3 is 14.4 Å². The largest absolute Gasteiger partial charge is 0.379 e. The summed E-state index contributed by atoms with van der Waals surface area (Å²) >= 11 is 0. The Kier molecular flexibility index (Phi) is 34.0. The zero-order chi connectivity index (χ0) is 29.9. The van der Waals surface area contributed by atoms with Crippen LogP contribution in [0, 0.1) is 0 Å². The Morgan fingerprint density at radius 1 is 0.512 bits per heavy atom. The average Bonchev–Trinajstić information content (AvgIpc) is 2.97. The second-order valence-corrected chi connectivity index (χ2v) is 11.9. The summed E-state index contributed by atoms with van der Waals surface area (Å²) in [6.45, 7) is 8.01. The summed E-state index contributed by atoms with van der Waals surface area (Å²) in [6.07, 6.45) is 45.0. The van der Waals surface area contributed by atoms with Gasteiger partial charge in [-0.15, -0.1) is 0 Å². The molecule has 3 heteroatoms. The highest BCUT2D eigenvalue weighted by Gasteiger charge is 2.10. The van der Waals surface area contributed by atoms with E-state index in [9.17, 15) is 0 Å². The van der Waals surface area contributed by atoms with Crippen LogP contribution in [0.25, 0.3) is 0 Å². The Balaban J connectivity index is 3.67. The summed E-state index contributed by atoms with van der Waals surface area (Å²) in [5.41, 5.74) is 0. The predicted octanol–water partition coefficient (Wildman–Crippen LogP) is 11.4. The standard InChI is InChI=1S/C38H71NO2/c1-5-7-9-11-13-15-17-19-21-23-25-27-29-31-35-40-37-38(33-34-39(3)4)41-36-32-30-28-26-24-22-20-18-16-14-12-10-8-6-2/h9-12,15-18,38H,5-8,13-14,19-37H2,1-4H3/b11-9-,12-10-,17-15-,18-16-. The normalized spacial score (nSPS) is 13.3. The Morgan fingerprint density at radius 3 is 1.44 bits per heavy atom. The molecule has 3 nitrogen and oxygen atoms in total. The topological polar surface area (TPSA) is 21.7 Å². The monoisotopic (exact) mass is 574 g/mol. The molecule has 0 bridgehead atoms. The van der Waals surface area contributed by atoms with E-state index in [1.165, 1.54) is 116 Å².